The largest absolute Gasteiger partial charge is 0.497 e. The number of amides is 1. The number of furan rings is 1. The number of nitrogens with one attached hydrogen (secondary N) is 1. The van der Waals surface area contributed by atoms with Gasteiger partial charge >= 0.3 is 5.91 Å². The van der Waals surface area contributed by atoms with E-state index in [1.54, 1.807) is 38.5 Å². The zero-order valence-electron chi connectivity index (χ0n) is 11.5. The number of hydrogen-bond donors (Lipinski definition) is 1. The molecule has 0 aliphatic rings. The summed E-state index contributed by atoms with van der Waals surface area (Å²) in [4.78, 5) is 16.9. The van der Waals surface area contributed by atoms with Crippen LogP contribution in [-0.2, 0) is 11.4 Å². The van der Waals surface area contributed by atoms with E-state index in [2.05, 4.69) is 21.4 Å². The van der Waals surface area contributed by atoms with E-state index >= 15 is 0 Å². The lowest BCUT2D eigenvalue weighted by Gasteiger charge is -2.10. The van der Waals surface area contributed by atoms with E-state index in [0.29, 0.717) is 16.2 Å². The quantitative estimate of drug-likeness (QED) is 0.806. The fourth-order valence-corrected chi connectivity index (χ4v) is 1.94. The molecule has 0 atom stereocenters. The molecule has 0 unspecified atom stereocenters. The zero-order valence-corrected chi connectivity index (χ0v) is 13.1. The Bertz CT molecular complexity index is 626. The maximum Gasteiger partial charge on any atom is 0.310 e. The van der Waals surface area contributed by atoms with Crippen LogP contribution in [0.2, 0.25) is 0 Å². The van der Waals surface area contributed by atoms with Crippen molar-refractivity contribution in [2.45, 2.75) is 6.61 Å². The first-order valence-electron chi connectivity index (χ1n) is 6.02. The van der Waals surface area contributed by atoms with E-state index in [1.165, 1.54) is 6.07 Å². The molecule has 0 radical (unpaired) electrons. The first kappa shape index (κ1) is 15.4. The molecule has 1 N–H and O–H groups in total. The van der Waals surface area contributed by atoms with Crippen molar-refractivity contribution in [3.05, 3.63) is 46.3 Å². The molecule has 2 aromatic rings. The monoisotopic (exact) mass is 355 g/mol. The van der Waals surface area contributed by atoms with Crippen LogP contribution in [0.4, 0.5) is 0 Å². The second kappa shape index (κ2) is 7.14. The summed E-state index contributed by atoms with van der Waals surface area (Å²) in [5.41, 5.74) is 3.08. The Kier molecular flexibility index (Phi) is 5.24. The highest BCUT2D eigenvalue weighted by molar-refractivity contribution is 9.10. The maximum absolute atomic E-state index is 11.7. The highest BCUT2D eigenvalue weighted by atomic mass is 79.9. The van der Waals surface area contributed by atoms with Crippen LogP contribution in [0.15, 0.2) is 39.4 Å². The van der Waals surface area contributed by atoms with Crippen molar-refractivity contribution < 1.29 is 23.5 Å². The summed E-state index contributed by atoms with van der Waals surface area (Å²) in [6.45, 7) is 0.154. The lowest BCUT2D eigenvalue weighted by atomic mass is 10.2. The lowest BCUT2D eigenvalue weighted by Crippen LogP contribution is -2.23. The van der Waals surface area contributed by atoms with Gasteiger partial charge in [-0.15, -0.1) is 0 Å². The molecular weight excluding hydrogens is 342 g/mol. The summed E-state index contributed by atoms with van der Waals surface area (Å²) < 4.78 is 15.9. The number of halogens is 1. The number of benzene rings is 1. The molecule has 1 amide bonds. The minimum Gasteiger partial charge on any atom is -0.497 e. The third kappa shape index (κ3) is 3.99. The minimum atomic E-state index is -0.465. The van der Waals surface area contributed by atoms with E-state index in [9.17, 15) is 4.79 Å². The molecule has 1 aromatic heterocycles. The van der Waals surface area contributed by atoms with Crippen molar-refractivity contribution in [2.24, 2.45) is 0 Å². The van der Waals surface area contributed by atoms with E-state index in [-0.39, 0.29) is 12.4 Å². The fourth-order valence-electron chi connectivity index (χ4n) is 1.64. The average Bonchev–Trinajstić information content (AvgIpc) is 2.94. The molecule has 21 heavy (non-hydrogen) atoms. The Morgan fingerprint density at radius 3 is 2.67 bits per heavy atom. The molecular formula is C14H14BrNO5. The summed E-state index contributed by atoms with van der Waals surface area (Å²) in [7, 11) is 3.13. The maximum atomic E-state index is 11.7. The molecule has 7 heteroatoms. The fraction of sp³-hybridized carbons (Fsp3) is 0.214. The number of hydroxylamine groups is 1. The highest BCUT2D eigenvalue weighted by Crippen LogP contribution is 2.24. The normalized spacial score (nSPS) is 10.2. The van der Waals surface area contributed by atoms with Crippen molar-refractivity contribution in [2.75, 3.05) is 14.2 Å². The molecule has 112 valence electrons. The molecule has 0 bridgehead atoms. The molecule has 6 nitrogen and oxygen atoms in total. The first-order valence-corrected chi connectivity index (χ1v) is 6.81. The van der Waals surface area contributed by atoms with Crippen molar-refractivity contribution in [3.63, 3.8) is 0 Å². The summed E-state index contributed by atoms with van der Waals surface area (Å²) in [6, 6.07) is 8.49. The Labute approximate surface area is 130 Å². The molecule has 0 saturated heterocycles. The Morgan fingerprint density at radius 2 is 2.05 bits per heavy atom. The smallest absolute Gasteiger partial charge is 0.310 e. The number of carbonyl (C=O) groups is 1. The van der Waals surface area contributed by atoms with Crippen LogP contribution in [0.25, 0.3) is 0 Å². The SMILES string of the molecule is COc1ccc(CONC(=O)c2ccc(Br)o2)c(OC)c1. The Morgan fingerprint density at radius 1 is 1.24 bits per heavy atom. The standard InChI is InChI=1S/C14H14BrNO5/c1-18-10-4-3-9(12(7-10)19-2)8-20-16-14(17)11-5-6-13(15)21-11/h3-7H,8H2,1-2H3,(H,16,17). The van der Waals surface area contributed by atoms with Gasteiger partial charge in [0.2, 0.25) is 0 Å². The first-order chi connectivity index (χ1) is 10.1. The zero-order chi connectivity index (χ0) is 15.2. The lowest BCUT2D eigenvalue weighted by molar-refractivity contribution is 0.0205. The molecule has 2 rings (SSSR count). The third-order valence-electron chi connectivity index (χ3n) is 2.68. The predicted octanol–water partition coefficient (Wildman–Crippen LogP) is 2.92. The summed E-state index contributed by atoms with van der Waals surface area (Å²) in [5.74, 6) is 0.987. The second-order valence-electron chi connectivity index (χ2n) is 4.00. The van der Waals surface area contributed by atoms with Gasteiger partial charge in [0.25, 0.3) is 0 Å². The molecule has 0 spiro atoms. The summed E-state index contributed by atoms with van der Waals surface area (Å²) >= 11 is 3.12. The van der Waals surface area contributed by atoms with Crippen molar-refractivity contribution >= 4 is 21.8 Å². The van der Waals surface area contributed by atoms with Gasteiger partial charge in [-0.2, -0.15) is 0 Å². The van der Waals surface area contributed by atoms with Gasteiger partial charge in [0, 0.05) is 11.6 Å². The van der Waals surface area contributed by atoms with Gasteiger partial charge in [-0.05, 0) is 40.2 Å². The average molecular weight is 356 g/mol. The van der Waals surface area contributed by atoms with Crippen LogP contribution >= 0.6 is 15.9 Å². The van der Waals surface area contributed by atoms with Crippen molar-refractivity contribution in [3.8, 4) is 11.5 Å². The van der Waals surface area contributed by atoms with E-state index < -0.39 is 5.91 Å². The van der Waals surface area contributed by atoms with Gasteiger partial charge in [0.15, 0.2) is 10.4 Å². The number of carbonyl (C=O) groups excluding carboxylic acids is 1. The van der Waals surface area contributed by atoms with E-state index in [0.717, 1.165) is 5.56 Å². The van der Waals surface area contributed by atoms with Gasteiger partial charge < -0.3 is 13.9 Å². The van der Waals surface area contributed by atoms with Gasteiger partial charge in [0.05, 0.1) is 14.2 Å². The van der Waals surface area contributed by atoms with Crippen molar-refractivity contribution in [1.29, 1.82) is 0 Å². The van der Waals surface area contributed by atoms with Crippen LogP contribution in [0.1, 0.15) is 16.1 Å². The highest BCUT2D eigenvalue weighted by Gasteiger charge is 2.11. The number of hydrogen-bond acceptors (Lipinski definition) is 5. The molecule has 0 aliphatic heterocycles. The number of methoxy groups -OCH3 is 2. The summed E-state index contributed by atoms with van der Waals surface area (Å²) in [5, 5.41) is 0. The van der Waals surface area contributed by atoms with Gasteiger partial charge in [-0.25, -0.2) is 5.48 Å². The summed E-state index contributed by atoms with van der Waals surface area (Å²) in [6.07, 6.45) is 0. The van der Waals surface area contributed by atoms with E-state index in [4.69, 9.17) is 18.7 Å². The number of ether oxygens (including phenoxy) is 2. The van der Waals surface area contributed by atoms with Crippen LogP contribution in [0, 0.1) is 0 Å². The third-order valence-corrected chi connectivity index (χ3v) is 3.11. The van der Waals surface area contributed by atoms with Gasteiger partial charge in [-0.1, -0.05) is 0 Å². The Hall–Kier alpha value is -1.99. The van der Waals surface area contributed by atoms with Crippen LogP contribution in [0.5, 0.6) is 11.5 Å². The second-order valence-corrected chi connectivity index (χ2v) is 4.78. The Balaban J connectivity index is 1.92. The van der Waals surface area contributed by atoms with Crippen LogP contribution in [0.3, 0.4) is 0 Å². The molecule has 1 aromatic carbocycles. The van der Waals surface area contributed by atoms with Crippen LogP contribution in [-0.4, -0.2) is 20.1 Å². The number of rotatable bonds is 6. The van der Waals surface area contributed by atoms with E-state index in [1.807, 2.05) is 0 Å². The van der Waals surface area contributed by atoms with Gasteiger partial charge in [-0.3, -0.25) is 9.63 Å². The topological polar surface area (TPSA) is 69.9 Å². The van der Waals surface area contributed by atoms with Crippen LogP contribution < -0.4 is 15.0 Å². The minimum absolute atomic E-state index is 0.154. The molecule has 1 heterocycles. The molecule has 0 saturated carbocycles. The predicted molar refractivity (Wildman–Crippen MR) is 78.2 cm³/mol. The van der Waals surface area contributed by atoms with Gasteiger partial charge in [0.1, 0.15) is 18.1 Å². The molecule has 0 aliphatic carbocycles. The van der Waals surface area contributed by atoms with Crippen molar-refractivity contribution in [1.82, 2.24) is 5.48 Å². The molecule has 0 fully saturated rings.